The SMILES string of the molecule is CC(C(=O)Nc1ncc(-c2ccc(O)cc2)nc1Cc1ccccc1)c1ccc(O)cc1.O=C(Cc1ccc(O)cc1)Nc1ncc(-c2ccc(O)cc2)nc1Cc1ccccc1.O=C(Nc1ncc(-c2ccc(O)cc2)nc1Cc1ccccc1)c1ccc(O)cc1.Oc1ccc(CC(=S)Nc2ncc(-c3ccc(O)cc3)nc2Cc2ccccc2)cc1. The van der Waals surface area contributed by atoms with Gasteiger partial charge in [-0.15, -0.1) is 0 Å². The van der Waals surface area contributed by atoms with Gasteiger partial charge in [-0.25, -0.2) is 39.9 Å². The first-order valence-corrected chi connectivity index (χ1v) is 39.7. The lowest BCUT2D eigenvalue weighted by Gasteiger charge is -2.15. The molecule has 0 fully saturated rings. The summed E-state index contributed by atoms with van der Waals surface area (Å²) in [6.07, 6.45) is 9.30. The van der Waals surface area contributed by atoms with Crippen LogP contribution in [0, 0.1) is 0 Å². The Morgan fingerprint density at radius 3 is 0.863 bits per heavy atom. The van der Waals surface area contributed by atoms with Gasteiger partial charge in [-0.05, 0) is 204 Å². The molecule has 0 spiro atoms. The summed E-state index contributed by atoms with van der Waals surface area (Å²) in [6.45, 7) is 1.80. The van der Waals surface area contributed by atoms with E-state index in [2.05, 4.69) is 41.2 Å². The first-order chi connectivity index (χ1) is 60.2. The Morgan fingerprint density at radius 2 is 0.548 bits per heavy atom. The van der Waals surface area contributed by atoms with Crippen LogP contribution in [0.2, 0.25) is 0 Å². The van der Waals surface area contributed by atoms with Crippen molar-refractivity contribution in [2.75, 3.05) is 21.3 Å². The molecule has 0 radical (unpaired) electrons. The highest BCUT2D eigenvalue weighted by molar-refractivity contribution is 7.80. The van der Waals surface area contributed by atoms with Gasteiger partial charge in [0.05, 0.1) is 87.7 Å². The van der Waals surface area contributed by atoms with Crippen LogP contribution in [0.25, 0.3) is 45.0 Å². The Labute approximate surface area is 720 Å². The number of nitrogens with zero attached hydrogens (tertiary/aromatic N) is 8. The number of hydrogen-bond donors (Lipinski definition) is 12. The van der Waals surface area contributed by atoms with Crippen molar-refractivity contribution in [2.45, 2.75) is 51.4 Å². The van der Waals surface area contributed by atoms with Crippen molar-refractivity contribution >= 4 is 58.2 Å². The normalized spacial score (nSPS) is 10.8. The van der Waals surface area contributed by atoms with E-state index >= 15 is 0 Å². The lowest BCUT2D eigenvalue weighted by Crippen LogP contribution is -2.21. The molecule has 0 saturated heterocycles. The number of carbonyl (C=O) groups excluding carboxylic acids is 3. The molecule has 616 valence electrons. The number of aromatic hydroxyl groups is 8. The van der Waals surface area contributed by atoms with Crippen molar-refractivity contribution in [3.63, 3.8) is 0 Å². The predicted octanol–water partition coefficient (Wildman–Crippen LogP) is 18.7. The van der Waals surface area contributed by atoms with E-state index in [1.165, 1.54) is 12.1 Å². The number of phenols is 8. The van der Waals surface area contributed by atoms with Crippen molar-refractivity contribution in [1.82, 2.24) is 39.9 Å². The van der Waals surface area contributed by atoms with Crippen LogP contribution in [0.3, 0.4) is 0 Å². The average molecular weight is 1660 g/mol. The summed E-state index contributed by atoms with van der Waals surface area (Å²) in [4.78, 5) is 75.9. The number of thiocarbonyl (C=S) groups is 1. The van der Waals surface area contributed by atoms with Gasteiger partial charge in [-0.2, -0.15) is 0 Å². The van der Waals surface area contributed by atoms with Crippen LogP contribution in [0.15, 0.2) is 340 Å². The van der Waals surface area contributed by atoms with Gasteiger partial charge in [0.15, 0.2) is 23.3 Å². The van der Waals surface area contributed by atoms with E-state index in [1.54, 1.807) is 189 Å². The lowest BCUT2D eigenvalue weighted by atomic mass is 10.00. The van der Waals surface area contributed by atoms with Crippen molar-refractivity contribution in [3.05, 3.63) is 408 Å². The molecule has 0 saturated carbocycles. The van der Waals surface area contributed by atoms with Crippen molar-refractivity contribution in [3.8, 4) is 91.0 Å². The van der Waals surface area contributed by atoms with Crippen molar-refractivity contribution in [1.29, 1.82) is 0 Å². The maximum absolute atomic E-state index is 12.9. The number of nitrogens with one attached hydrogen (secondary N) is 4. The molecule has 23 nitrogen and oxygen atoms in total. The van der Waals surface area contributed by atoms with Gasteiger partial charge in [-0.1, -0.05) is 170 Å². The summed E-state index contributed by atoms with van der Waals surface area (Å²) in [5.41, 5.74) is 15.9. The van der Waals surface area contributed by atoms with Crippen LogP contribution in [0.5, 0.6) is 46.0 Å². The highest BCUT2D eigenvalue weighted by Crippen LogP contribution is 2.31. The standard InChI is InChI=1S/C26H23N3O3.C25H21N3O3.C25H21N3O2S.C24H19N3O3/c1-17(19-7-11-21(30)12-8-19)26(32)29-25-23(15-18-5-3-2-4-6-18)28-24(16-27-25)20-9-13-22(31)14-10-20;2*29-20-10-6-18(7-11-20)15-24(31)28-25-22(14-17-4-2-1-3-5-17)27-23(16-26-25)19-8-12-21(30)13-9-19;28-19-10-6-17(7-11-19)22-15-25-23(21(26-22)14-16-4-2-1-3-5-16)27-24(30)18-8-12-20(29)13-9-18/h2-14,16-17,30-31H,15H2,1H3,(H,27,29,32);2*1-13,16,29-30H,14-15H2,(H,26,28,31);1-13,15,28-29H,14H2,(H,25,27,30). The molecule has 0 bridgehead atoms. The molecule has 3 amide bonds. The van der Waals surface area contributed by atoms with Crippen LogP contribution in [-0.4, -0.2) is 103 Å². The first kappa shape index (κ1) is 85.5. The summed E-state index contributed by atoms with van der Waals surface area (Å²) in [5.74, 6) is 1.99. The zero-order valence-electron chi connectivity index (χ0n) is 66.9. The van der Waals surface area contributed by atoms with E-state index in [4.69, 9.17) is 32.2 Å². The van der Waals surface area contributed by atoms with E-state index in [-0.39, 0.29) is 70.1 Å². The molecule has 124 heavy (non-hydrogen) atoms. The van der Waals surface area contributed by atoms with Gasteiger partial charge in [0.2, 0.25) is 11.8 Å². The number of amides is 3. The van der Waals surface area contributed by atoms with Crippen molar-refractivity contribution < 1.29 is 55.2 Å². The fourth-order valence-corrected chi connectivity index (χ4v) is 13.0. The maximum Gasteiger partial charge on any atom is 0.256 e. The second kappa shape index (κ2) is 41.9. The largest absolute Gasteiger partial charge is 0.508 e. The average Bonchev–Trinajstić information content (AvgIpc) is 0.833. The summed E-state index contributed by atoms with van der Waals surface area (Å²) in [6, 6.07) is 92.7. The molecule has 0 aliphatic heterocycles. The third-order valence-corrected chi connectivity index (χ3v) is 19.6. The van der Waals surface area contributed by atoms with Crippen LogP contribution < -0.4 is 21.3 Å². The van der Waals surface area contributed by atoms with Gasteiger partial charge in [-0.3, -0.25) is 14.4 Å². The van der Waals surface area contributed by atoms with Gasteiger partial charge in [0.25, 0.3) is 5.91 Å². The number of aromatic nitrogens is 8. The minimum atomic E-state index is -0.432. The fourth-order valence-electron chi connectivity index (χ4n) is 12.7. The molecule has 1 unspecified atom stereocenters. The third kappa shape index (κ3) is 24.9. The smallest absolute Gasteiger partial charge is 0.256 e. The number of phenolic OH excluding ortho intramolecular Hbond substituents is 8. The number of carbonyl (C=O) groups is 3. The van der Waals surface area contributed by atoms with Crippen LogP contribution in [0.1, 0.15) is 84.9 Å². The van der Waals surface area contributed by atoms with Crippen LogP contribution >= 0.6 is 12.2 Å². The second-order valence-electron chi connectivity index (χ2n) is 28.6. The minimum absolute atomic E-state index is 0.0920. The molecule has 1 atom stereocenters. The fraction of sp³-hybridized carbons (Fsp3) is 0.0800. The van der Waals surface area contributed by atoms with E-state index < -0.39 is 5.92 Å². The van der Waals surface area contributed by atoms with Crippen molar-refractivity contribution in [2.24, 2.45) is 0 Å². The quantitative estimate of drug-likeness (QED) is 0.0265. The highest BCUT2D eigenvalue weighted by Gasteiger charge is 2.22. The number of rotatable bonds is 23. The van der Waals surface area contributed by atoms with Gasteiger partial charge >= 0.3 is 0 Å². The topological polar surface area (TPSA) is 364 Å². The molecular weight excluding hydrogens is 1580 g/mol. The van der Waals surface area contributed by atoms with Gasteiger partial charge in [0.1, 0.15) is 46.0 Å². The second-order valence-corrected chi connectivity index (χ2v) is 29.1. The van der Waals surface area contributed by atoms with E-state index in [9.17, 15) is 55.2 Å². The van der Waals surface area contributed by atoms with E-state index in [0.717, 1.165) is 72.6 Å². The molecule has 4 aromatic heterocycles. The molecule has 0 aliphatic rings. The molecule has 12 aromatic carbocycles. The molecule has 24 heteroatoms. The van der Waals surface area contributed by atoms with E-state index in [1.807, 2.05) is 146 Å². The lowest BCUT2D eigenvalue weighted by molar-refractivity contribution is -0.117. The monoisotopic (exact) mass is 1660 g/mol. The summed E-state index contributed by atoms with van der Waals surface area (Å²) >= 11 is 5.55. The number of hydrogen-bond acceptors (Lipinski definition) is 20. The Morgan fingerprint density at radius 1 is 0.290 bits per heavy atom. The minimum Gasteiger partial charge on any atom is -0.508 e. The molecule has 0 aliphatic carbocycles. The van der Waals surface area contributed by atoms with Gasteiger partial charge in [0, 0.05) is 59.9 Å². The van der Waals surface area contributed by atoms with Gasteiger partial charge < -0.3 is 62.1 Å². The third-order valence-electron chi connectivity index (χ3n) is 19.4. The number of anilines is 4. The molecule has 16 rings (SSSR count). The summed E-state index contributed by atoms with van der Waals surface area (Å²) in [7, 11) is 0. The molecule has 12 N–H and O–H groups in total. The Hall–Kier alpha value is -16.3. The Kier molecular flexibility index (Phi) is 28.9. The van der Waals surface area contributed by atoms with Crippen LogP contribution in [-0.2, 0) is 48.1 Å². The summed E-state index contributed by atoms with van der Waals surface area (Å²) < 4.78 is 0. The van der Waals surface area contributed by atoms with Crippen LogP contribution in [0.4, 0.5) is 23.3 Å². The molecular formula is C100H84N12O11S. The first-order valence-electron chi connectivity index (χ1n) is 39.3. The van der Waals surface area contributed by atoms with E-state index in [0.29, 0.717) is 100 Å². The predicted molar refractivity (Wildman–Crippen MR) is 483 cm³/mol. The highest BCUT2D eigenvalue weighted by atomic mass is 32.1. The molecule has 4 heterocycles. The Bertz CT molecular complexity index is 6070. The molecule has 16 aromatic rings. The number of benzene rings is 12. The Balaban J connectivity index is 0.000000142. The summed E-state index contributed by atoms with van der Waals surface area (Å²) in [5, 5.41) is 87.8. The maximum atomic E-state index is 12.9. The zero-order valence-corrected chi connectivity index (χ0v) is 67.8. The zero-order chi connectivity index (χ0) is 86.7.